The van der Waals surface area contributed by atoms with Crippen molar-refractivity contribution < 1.29 is 9.53 Å². The van der Waals surface area contributed by atoms with E-state index in [0.717, 1.165) is 18.8 Å². The molecule has 0 fully saturated rings. The zero-order chi connectivity index (χ0) is 14.4. The van der Waals surface area contributed by atoms with Crippen molar-refractivity contribution in [2.45, 2.75) is 20.0 Å². The second-order valence-corrected chi connectivity index (χ2v) is 4.33. The highest BCUT2D eigenvalue weighted by molar-refractivity contribution is 5.84. The van der Waals surface area contributed by atoms with Gasteiger partial charge in [-0.1, -0.05) is 0 Å². The Labute approximate surface area is 118 Å². The number of hydrogen-bond donors (Lipinski definition) is 2. The van der Waals surface area contributed by atoms with Crippen LogP contribution >= 0.6 is 0 Å². The van der Waals surface area contributed by atoms with Crippen molar-refractivity contribution in [1.82, 2.24) is 4.57 Å². The minimum atomic E-state index is -0.466. The molecule has 1 aromatic carbocycles. The number of carbonyl (C=O) groups is 1. The Morgan fingerprint density at radius 1 is 1.20 bits per heavy atom. The molecule has 0 saturated heterocycles. The van der Waals surface area contributed by atoms with Gasteiger partial charge < -0.3 is 14.6 Å². The van der Waals surface area contributed by atoms with E-state index in [1.807, 2.05) is 30.3 Å². The highest BCUT2D eigenvalue weighted by Gasteiger charge is 2.01. The van der Waals surface area contributed by atoms with Crippen LogP contribution in [0.5, 0.6) is 0 Å². The second kappa shape index (κ2) is 6.65. The fourth-order valence-electron chi connectivity index (χ4n) is 1.95. The number of methoxy groups -OCH3 is 1. The number of hydrogen-bond acceptors (Lipinski definition) is 3. The smallest absolute Gasteiger partial charge is 0.411 e. The molecule has 2 rings (SSSR count). The first-order chi connectivity index (χ1) is 9.72. The van der Waals surface area contributed by atoms with Crippen LogP contribution in [0, 0.1) is 0 Å². The zero-order valence-electron chi connectivity index (χ0n) is 11.7. The minimum Gasteiger partial charge on any atom is -0.453 e. The van der Waals surface area contributed by atoms with Crippen LogP contribution in [-0.4, -0.2) is 17.8 Å². The van der Waals surface area contributed by atoms with Gasteiger partial charge in [-0.15, -0.1) is 0 Å². The number of rotatable bonds is 5. The topological polar surface area (TPSA) is 55.3 Å². The lowest BCUT2D eigenvalue weighted by atomic mass is 10.2. The van der Waals surface area contributed by atoms with Gasteiger partial charge in [0.2, 0.25) is 0 Å². The van der Waals surface area contributed by atoms with Gasteiger partial charge in [0.25, 0.3) is 0 Å². The van der Waals surface area contributed by atoms with E-state index in [1.165, 1.54) is 12.8 Å². The lowest BCUT2D eigenvalue weighted by Gasteiger charge is -2.10. The Morgan fingerprint density at radius 2 is 1.90 bits per heavy atom. The number of ether oxygens (including phenoxy) is 1. The van der Waals surface area contributed by atoms with Crippen molar-refractivity contribution in [3.05, 3.63) is 48.3 Å². The van der Waals surface area contributed by atoms with E-state index in [-0.39, 0.29) is 0 Å². The van der Waals surface area contributed by atoms with Crippen molar-refractivity contribution in [2.24, 2.45) is 0 Å². The molecule has 5 nitrogen and oxygen atoms in total. The molecule has 0 aliphatic rings. The molecule has 20 heavy (non-hydrogen) atoms. The van der Waals surface area contributed by atoms with E-state index in [0.29, 0.717) is 5.69 Å². The van der Waals surface area contributed by atoms with Crippen molar-refractivity contribution in [3.63, 3.8) is 0 Å². The first kappa shape index (κ1) is 14.0. The zero-order valence-corrected chi connectivity index (χ0v) is 11.7. The summed E-state index contributed by atoms with van der Waals surface area (Å²) in [6.45, 7) is 3.85. The monoisotopic (exact) mass is 273 g/mol. The Bertz CT molecular complexity index is 561. The summed E-state index contributed by atoms with van der Waals surface area (Å²) >= 11 is 0. The first-order valence-electron chi connectivity index (χ1n) is 6.56. The maximum absolute atomic E-state index is 11.1. The summed E-state index contributed by atoms with van der Waals surface area (Å²) in [5.41, 5.74) is 2.95. The van der Waals surface area contributed by atoms with E-state index in [2.05, 4.69) is 39.1 Å². The molecule has 0 spiro atoms. The van der Waals surface area contributed by atoms with Crippen LogP contribution in [0.1, 0.15) is 12.6 Å². The molecule has 5 heteroatoms. The molecule has 0 aliphatic carbocycles. The van der Waals surface area contributed by atoms with Gasteiger partial charge in [0, 0.05) is 29.8 Å². The molecule has 0 bridgehead atoms. The summed E-state index contributed by atoms with van der Waals surface area (Å²) in [5.74, 6) is 0. The van der Waals surface area contributed by atoms with Gasteiger partial charge in [-0.25, -0.2) is 4.79 Å². The summed E-state index contributed by atoms with van der Waals surface area (Å²) in [6.07, 6.45) is 1.60. The highest BCUT2D eigenvalue weighted by atomic mass is 16.5. The van der Waals surface area contributed by atoms with E-state index >= 15 is 0 Å². The standard InChI is InChI=1S/C15H19N3O2/c1-3-18-10-4-5-14(18)11-16-12-6-8-13(9-7-12)17-15(19)20-2/h4-10,16H,3,11H2,1-2H3,(H,17,19). The molecule has 106 valence electrons. The van der Waals surface area contributed by atoms with Gasteiger partial charge >= 0.3 is 6.09 Å². The first-order valence-corrected chi connectivity index (χ1v) is 6.56. The fraction of sp³-hybridized carbons (Fsp3) is 0.267. The molecular formula is C15H19N3O2. The van der Waals surface area contributed by atoms with Crippen LogP contribution < -0.4 is 10.6 Å². The molecule has 1 amide bonds. The van der Waals surface area contributed by atoms with Crippen molar-refractivity contribution in [1.29, 1.82) is 0 Å². The second-order valence-electron chi connectivity index (χ2n) is 4.33. The third kappa shape index (κ3) is 3.54. The predicted molar refractivity (Wildman–Crippen MR) is 79.9 cm³/mol. The number of aryl methyl sites for hydroxylation is 1. The Balaban J connectivity index is 1.92. The van der Waals surface area contributed by atoms with Gasteiger partial charge in [-0.2, -0.15) is 0 Å². The summed E-state index contributed by atoms with van der Waals surface area (Å²) in [7, 11) is 1.34. The van der Waals surface area contributed by atoms with Gasteiger partial charge in [-0.05, 0) is 43.3 Å². The SMILES string of the molecule is CCn1cccc1CNc1ccc(NC(=O)OC)cc1. The summed E-state index contributed by atoms with van der Waals surface area (Å²) < 4.78 is 6.73. The van der Waals surface area contributed by atoms with Crippen LogP contribution in [0.2, 0.25) is 0 Å². The lowest BCUT2D eigenvalue weighted by Crippen LogP contribution is -2.10. The molecule has 0 saturated carbocycles. The van der Waals surface area contributed by atoms with Gasteiger partial charge in [0.05, 0.1) is 13.7 Å². The van der Waals surface area contributed by atoms with Crippen LogP contribution in [-0.2, 0) is 17.8 Å². The summed E-state index contributed by atoms with van der Waals surface area (Å²) in [5, 5.41) is 5.97. The van der Waals surface area contributed by atoms with Gasteiger partial charge in [0.1, 0.15) is 0 Å². The lowest BCUT2D eigenvalue weighted by molar-refractivity contribution is 0.187. The Hall–Kier alpha value is -2.43. The Morgan fingerprint density at radius 3 is 2.55 bits per heavy atom. The van der Waals surface area contributed by atoms with Crippen LogP contribution in [0.15, 0.2) is 42.6 Å². The molecular weight excluding hydrogens is 254 g/mol. The fourth-order valence-corrected chi connectivity index (χ4v) is 1.95. The van der Waals surface area contributed by atoms with Crippen LogP contribution in [0.25, 0.3) is 0 Å². The van der Waals surface area contributed by atoms with E-state index in [9.17, 15) is 4.79 Å². The Kier molecular flexibility index (Phi) is 4.65. The molecule has 0 unspecified atom stereocenters. The molecule has 2 aromatic rings. The third-order valence-electron chi connectivity index (χ3n) is 3.05. The van der Waals surface area contributed by atoms with Crippen LogP contribution in [0.4, 0.5) is 16.2 Å². The number of nitrogens with one attached hydrogen (secondary N) is 2. The molecule has 0 aliphatic heterocycles. The minimum absolute atomic E-state index is 0.466. The maximum Gasteiger partial charge on any atom is 0.411 e. The number of aromatic nitrogens is 1. The number of anilines is 2. The largest absolute Gasteiger partial charge is 0.453 e. The van der Waals surface area contributed by atoms with Crippen molar-refractivity contribution in [2.75, 3.05) is 17.7 Å². The van der Waals surface area contributed by atoms with Gasteiger partial charge in [-0.3, -0.25) is 5.32 Å². The average molecular weight is 273 g/mol. The molecule has 0 radical (unpaired) electrons. The third-order valence-corrected chi connectivity index (χ3v) is 3.05. The summed E-state index contributed by atoms with van der Waals surface area (Å²) in [4.78, 5) is 11.1. The quantitative estimate of drug-likeness (QED) is 0.878. The highest BCUT2D eigenvalue weighted by Crippen LogP contribution is 2.15. The van der Waals surface area contributed by atoms with Crippen molar-refractivity contribution >= 4 is 17.5 Å². The molecule has 1 aromatic heterocycles. The predicted octanol–water partition coefficient (Wildman–Crippen LogP) is 3.30. The number of nitrogens with zero attached hydrogens (tertiary/aromatic N) is 1. The van der Waals surface area contributed by atoms with Crippen molar-refractivity contribution in [3.8, 4) is 0 Å². The maximum atomic E-state index is 11.1. The molecule has 1 heterocycles. The number of amides is 1. The van der Waals surface area contributed by atoms with E-state index in [1.54, 1.807) is 0 Å². The summed E-state index contributed by atoms with van der Waals surface area (Å²) in [6, 6.07) is 11.7. The van der Waals surface area contributed by atoms with E-state index < -0.39 is 6.09 Å². The van der Waals surface area contributed by atoms with E-state index in [4.69, 9.17) is 0 Å². The number of benzene rings is 1. The van der Waals surface area contributed by atoms with Crippen LogP contribution in [0.3, 0.4) is 0 Å². The normalized spacial score (nSPS) is 10.1. The van der Waals surface area contributed by atoms with Gasteiger partial charge in [0.15, 0.2) is 0 Å². The number of carbonyl (C=O) groups excluding carboxylic acids is 1. The molecule has 2 N–H and O–H groups in total. The molecule has 0 atom stereocenters. The average Bonchev–Trinajstić information content (AvgIpc) is 2.94.